The summed E-state index contributed by atoms with van der Waals surface area (Å²) in [4.78, 5) is 21.1. The van der Waals surface area contributed by atoms with Crippen LogP contribution in [0.2, 0.25) is 0 Å². The summed E-state index contributed by atoms with van der Waals surface area (Å²) in [5.41, 5.74) is 3.56. The summed E-state index contributed by atoms with van der Waals surface area (Å²) in [7, 11) is 0. The molecule has 4 rings (SSSR count). The summed E-state index contributed by atoms with van der Waals surface area (Å²) in [5.74, 6) is 0.781. The fourth-order valence-electron chi connectivity index (χ4n) is 2.59. The summed E-state index contributed by atoms with van der Waals surface area (Å²) in [6.45, 7) is 0.521. The molecule has 5 nitrogen and oxygen atoms in total. The van der Waals surface area contributed by atoms with Crippen molar-refractivity contribution in [1.82, 2.24) is 15.3 Å². The summed E-state index contributed by atoms with van der Waals surface area (Å²) >= 11 is 1.62. The number of hydrogen-bond donors (Lipinski definition) is 3. The molecule has 0 saturated carbocycles. The second kappa shape index (κ2) is 6.78. The van der Waals surface area contributed by atoms with Crippen molar-refractivity contribution in [3.63, 3.8) is 0 Å². The first-order valence-corrected chi connectivity index (χ1v) is 8.78. The number of fused-ring (bicyclic) bond motifs is 1. The molecule has 0 fully saturated rings. The highest BCUT2D eigenvalue weighted by Gasteiger charge is 2.07. The second-order valence-corrected chi connectivity index (χ2v) is 6.60. The molecule has 2 heterocycles. The number of carbonyl (C=O) groups excluding carboxylic acids is 1. The molecule has 2 aromatic carbocycles. The van der Waals surface area contributed by atoms with E-state index in [0.29, 0.717) is 6.54 Å². The molecule has 25 heavy (non-hydrogen) atoms. The zero-order valence-electron chi connectivity index (χ0n) is 13.3. The maximum absolute atomic E-state index is 12.1. The Kier molecular flexibility index (Phi) is 4.18. The fraction of sp³-hybridized carbons (Fsp3) is 0.0526. The molecule has 0 aliphatic carbocycles. The molecule has 0 aliphatic heterocycles. The Hall–Kier alpha value is -3.12. The van der Waals surface area contributed by atoms with Gasteiger partial charge in [0, 0.05) is 16.1 Å². The third-order valence-corrected chi connectivity index (χ3v) is 4.66. The molecule has 0 bridgehead atoms. The minimum absolute atomic E-state index is 0.227. The van der Waals surface area contributed by atoms with Gasteiger partial charge in [-0.2, -0.15) is 0 Å². The van der Waals surface area contributed by atoms with E-state index in [9.17, 15) is 4.79 Å². The maximum atomic E-state index is 12.1. The molecule has 0 unspecified atom stereocenters. The molecular weight excluding hydrogens is 332 g/mol. The van der Waals surface area contributed by atoms with E-state index in [1.165, 1.54) is 0 Å². The molecule has 2 aromatic heterocycles. The Morgan fingerprint density at radius 3 is 2.84 bits per heavy atom. The first kappa shape index (κ1) is 15.4. The van der Waals surface area contributed by atoms with Crippen LogP contribution in [0.25, 0.3) is 22.4 Å². The highest BCUT2D eigenvalue weighted by atomic mass is 32.1. The summed E-state index contributed by atoms with van der Waals surface area (Å²) in [6, 6.07) is 19.3. The number of H-pyrrole nitrogens is 1. The lowest BCUT2D eigenvalue weighted by Crippen LogP contribution is -2.27. The zero-order valence-corrected chi connectivity index (χ0v) is 14.1. The molecule has 124 valence electrons. The first-order chi connectivity index (χ1) is 12.3. The van der Waals surface area contributed by atoms with Gasteiger partial charge in [0.1, 0.15) is 5.82 Å². The minimum atomic E-state index is -0.227. The number of nitrogens with zero attached hydrogens (tertiary/aromatic N) is 1. The van der Waals surface area contributed by atoms with Crippen LogP contribution in [0.15, 0.2) is 66.0 Å². The van der Waals surface area contributed by atoms with Gasteiger partial charge in [-0.15, -0.1) is 11.3 Å². The number of aromatic amines is 1. The number of anilines is 1. The van der Waals surface area contributed by atoms with Gasteiger partial charge in [-0.1, -0.05) is 30.3 Å². The second-order valence-electron chi connectivity index (χ2n) is 5.57. The van der Waals surface area contributed by atoms with Crippen molar-refractivity contribution >= 4 is 34.1 Å². The molecule has 0 atom stereocenters. The number of amides is 2. The predicted octanol–water partition coefficient (Wildman–Crippen LogP) is 4.61. The van der Waals surface area contributed by atoms with Crippen LogP contribution in [-0.2, 0) is 6.54 Å². The van der Waals surface area contributed by atoms with E-state index in [-0.39, 0.29) is 6.03 Å². The lowest BCUT2D eigenvalue weighted by Gasteiger charge is -2.07. The molecule has 0 aliphatic rings. The standard InChI is InChI=1S/C19H16N4OS/c24-19(20-12-15-7-4-10-25-15)21-14-6-3-5-13(11-14)18-22-16-8-1-2-9-17(16)23-18/h1-11H,12H2,(H,22,23)(H2,20,21,24). The van der Waals surface area contributed by atoms with E-state index in [1.54, 1.807) is 11.3 Å². The number of thiophene rings is 1. The smallest absolute Gasteiger partial charge is 0.319 e. The maximum Gasteiger partial charge on any atom is 0.319 e. The Bertz CT molecular complexity index is 974. The predicted molar refractivity (Wildman–Crippen MR) is 102 cm³/mol. The number of urea groups is 1. The highest BCUT2D eigenvalue weighted by Crippen LogP contribution is 2.23. The lowest BCUT2D eigenvalue weighted by molar-refractivity contribution is 0.252. The van der Waals surface area contributed by atoms with Gasteiger partial charge in [0.2, 0.25) is 0 Å². The number of nitrogens with one attached hydrogen (secondary N) is 3. The monoisotopic (exact) mass is 348 g/mol. The number of aromatic nitrogens is 2. The Morgan fingerprint density at radius 1 is 1.08 bits per heavy atom. The van der Waals surface area contributed by atoms with E-state index in [0.717, 1.165) is 33.0 Å². The molecule has 0 saturated heterocycles. The topological polar surface area (TPSA) is 69.8 Å². The summed E-state index contributed by atoms with van der Waals surface area (Å²) in [5, 5.41) is 7.70. The quantitative estimate of drug-likeness (QED) is 0.504. The minimum Gasteiger partial charge on any atom is -0.338 e. The molecule has 3 N–H and O–H groups in total. The molecule has 0 radical (unpaired) electrons. The van der Waals surface area contributed by atoms with E-state index in [1.807, 2.05) is 66.0 Å². The van der Waals surface area contributed by atoms with Crippen LogP contribution in [0.1, 0.15) is 4.88 Å². The van der Waals surface area contributed by atoms with E-state index in [2.05, 4.69) is 20.6 Å². The average Bonchev–Trinajstić information content (AvgIpc) is 3.29. The van der Waals surface area contributed by atoms with Crippen LogP contribution in [0.5, 0.6) is 0 Å². The number of hydrogen-bond acceptors (Lipinski definition) is 3. The van der Waals surface area contributed by atoms with Gasteiger partial charge in [0.05, 0.1) is 17.6 Å². The normalized spacial score (nSPS) is 10.7. The third kappa shape index (κ3) is 3.54. The lowest BCUT2D eigenvalue weighted by atomic mass is 10.2. The SMILES string of the molecule is O=C(NCc1cccs1)Nc1cccc(-c2nc3ccccc3[nH]2)c1. The molecule has 2 amide bonds. The largest absolute Gasteiger partial charge is 0.338 e. The number of imidazole rings is 1. The molecular formula is C19H16N4OS. The van der Waals surface area contributed by atoms with Gasteiger partial charge < -0.3 is 15.6 Å². The fourth-order valence-corrected chi connectivity index (χ4v) is 3.23. The van der Waals surface area contributed by atoms with Crippen molar-refractivity contribution in [3.8, 4) is 11.4 Å². The third-order valence-electron chi connectivity index (χ3n) is 3.79. The van der Waals surface area contributed by atoms with E-state index in [4.69, 9.17) is 0 Å². The van der Waals surface area contributed by atoms with Crippen molar-refractivity contribution in [1.29, 1.82) is 0 Å². The number of benzene rings is 2. The Labute approximate surface area is 148 Å². The first-order valence-electron chi connectivity index (χ1n) is 7.90. The molecule has 4 aromatic rings. The number of carbonyl (C=O) groups is 1. The van der Waals surface area contributed by atoms with Crippen LogP contribution in [-0.4, -0.2) is 16.0 Å². The zero-order chi connectivity index (χ0) is 17.1. The van der Waals surface area contributed by atoms with Gasteiger partial charge in [0.25, 0.3) is 0 Å². The van der Waals surface area contributed by atoms with Crippen molar-refractivity contribution in [2.24, 2.45) is 0 Å². The van der Waals surface area contributed by atoms with E-state index < -0.39 is 0 Å². The van der Waals surface area contributed by atoms with E-state index >= 15 is 0 Å². The van der Waals surface area contributed by atoms with Gasteiger partial charge in [0.15, 0.2) is 0 Å². The number of rotatable bonds is 4. The average molecular weight is 348 g/mol. The van der Waals surface area contributed by atoms with Gasteiger partial charge in [-0.3, -0.25) is 0 Å². The van der Waals surface area contributed by atoms with Crippen LogP contribution < -0.4 is 10.6 Å². The molecule has 6 heteroatoms. The van der Waals surface area contributed by atoms with Crippen LogP contribution in [0.3, 0.4) is 0 Å². The van der Waals surface area contributed by atoms with Crippen molar-refractivity contribution in [3.05, 3.63) is 70.9 Å². The Morgan fingerprint density at radius 2 is 2.00 bits per heavy atom. The van der Waals surface area contributed by atoms with Crippen LogP contribution in [0, 0.1) is 0 Å². The summed E-state index contributed by atoms with van der Waals surface area (Å²) < 4.78 is 0. The summed E-state index contributed by atoms with van der Waals surface area (Å²) in [6.07, 6.45) is 0. The van der Waals surface area contributed by atoms with Gasteiger partial charge in [-0.05, 0) is 35.7 Å². The Balaban J connectivity index is 1.48. The van der Waals surface area contributed by atoms with Crippen molar-refractivity contribution in [2.45, 2.75) is 6.54 Å². The van der Waals surface area contributed by atoms with Crippen molar-refractivity contribution in [2.75, 3.05) is 5.32 Å². The number of para-hydroxylation sites is 2. The highest BCUT2D eigenvalue weighted by molar-refractivity contribution is 7.09. The van der Waals surface area contributed by atoms with Gasteiger partial charge in [-0.25, -0.2) is 9.78 Å². The molecule has 0 spiro atoms. The van der Waals surface area contributed by atoms with Crippen LogP contribution >= 0.6 is 11.3 Å². The van der Waals surface area contributed by atoms with Crippen molar-refractivity contribution < 1.29 is 4.79 Å². The van der Waals surface area contributed by atoms with Crippen LogP contribution in [0.4, 0.5) is 10.5 Å². The van der Waals surface area contributed by atoms with Gasteiger partial charge >= 0.3 is 6.03 Å².